The normalized spacial score (nSPS) is 17.5. The highest BCUT2D eigenvalue weighted by molar-refractivity contribution is 7.18. The van der Waals surface area contributed by atoms with Gasteiger partial charge in [-0.15, -0.1) is 11.3 Å². The summed E-state index contributed by atoms with van der Waals surface area (Å²) in [6.45, 7) is 8.70. The molecule has 1 aromatic carbocycles. The molecule has 1 saturated carbocycles. The van der Waals surface area contributed by atoms with E-state index in [9.17, 15) is 19.5 Å². The van der Waals surface area contributed by atoms with Crippen molar-refractivity contribution in [3.05, 3.63) is 53.2 Å². The maximum atomic E-state index is 13.5. The van der Waals surface area contributed by atoms with Gasteiger partial charge >= 0.3 is 5.97 Å². The minimum atomic E-state index is -1.04. The summed E-state index contributed by atoms with van der Waals surface area (Å²) < 4.78 is 1.69. The molecule has 1 aliphatic carbocycles. The number of carboxylic acid groups (broad SMARTS) is 1. The van der Waals surface area contributed by atoms with Crippen LogP contribution in [0.3, 0.4) is 0 Å². The number of carboxylic acids is 1. The molecule has 37 heavy (non-hydrogen) atoms. The van der Waals surface area contributed by atoms with Gasteiger partial charge in [0.1, 0.15) is 4.88 Å². The number of amides is 2. The van der Waals surface area contributed by atoms with Crippen LogP contribution in [-0.4, -0.2) is 38.7 Å². The van der Waals surface area contributed by atoms with Crippen LogP contribution in [0.1, 0.15) is 73.4 Å². The molecule has 0 aliphatic heterocycles. The number of aromatic nitrogens is 2. The van der Waals surface area contributed by atoms with Gasteiger partial charge in [-0.1, -0.05) is 19.1 Å². The Hall–Kier alpha value is -3.46. The van der Waals surface area contributed by atoms with Crippen molar-refractivity contribution in [1.29, 1.82) is 0 Å². The number of rotatable bonds is 8. The largest absolute Gasteiger partial charge is 0.477 e. The van der Waals surface area contributed by atoms with Crippen molar-refractivity contribution in [3.8, 4) is 10.4 Å². The predicted molar refractivity (Wildman–Crippen MR) is 146 cm³/mol. The van der Waals surface area contributed by atoms with Crippen molar-refractivity contribution >= 4 is 40.5 Å². The quantitative estimate of drug-likeness (QED) is 0.369. The van der Waals surface area contributed by atoms with Crippen LogP contribution in [0.25, 0.3) is 10.4 Å². The fourth-order valence-corrected chi connectivity index (χ4v) is 5.78. The molecule has 196 valence electrons. The summed E-state index contributed by atoms with van der Waals surface area (Å²) in [5.41, 5.74) is 2.37. The second-order valence-electron chi connectivity index (χ2n) is 10.0. The van der Waals surface area contributed by atoms with Crippen molar-refractivity contribution in [2.75, 3.05) is 10.2 Å². The van der Waals surface area contributed by atoms with E-state index in [0.717, 1.165) is 47.5 Å². The maximum Gasteiger partial charge on any atom is 0.348 e. The first-order valence-electron chi connectivity index (χ1n) is 12.8. The monoisotopic (exact) mass is 522 g/mol. The van der Waals surface area contributed by atoms with E-state index < -0.39 is 5.97 Å². The van der Waals surface area contributed by atoms with Gasteiger partial charge in [0.15, 0.2) is 0 Å². The molecule has 0 saturated heterocycles. The lowest BCUT2D eigenvalue weighted by atomic mass is 9.82. The van der Waals surface area contributed by atoms with E-state index in [1.54, 1.807) is 27.9 Å². The number of aromatic carboxylic acids is 1. The van der Waals surface area contributed by atoms with Gasteiger partial charge in [0.2, 0.25) is 5.91 Å². The highest BCUT2D eigenvalue weighted by Gasteiger charge is 2.33. The van der Waals surface area contributed by atoms with Crippen LogP contribution in [0.5, 0.6) is 0 Å². The molecule has 2 amide bonds. The van der Waals surface area contributed by atoms with Gasteiger partial charge in [0, 0.05) is 35.3 Å². The lowest BCUT2D eigenvalue weighted by Gasteiger charge is -2.33. The second-order valence-corrected chi connectivity index (χ2v) is 11.1. The molecule has 0 radical (unpaired) electrons. The maximum absolute atomic E-state index is 13.5. The minimum Gasteiger partial charge on any atom is -0.477 e. The molecule has 4 rings (SSSR count). The Kier molecular flexibility index (Phi) is 8.12. The Morgan fingerprint density at radius 2 is 1.84 bits per heavy atom. The third-order valence-electron chi connectivity index (χ3n) is 6.93. The second kappa shape index (κ2) is 11.3. The molecule has 3 aromatic rings. The summed E-state index contributed by atoms with van der Waals surface area (Å²) in [7, 11) is 0. The van der Waals surface area contributed by atoms with Crippen molar-refractivity contribution in [2.45, 2.75) is 66.0 Å². The van der Waals surface area contributed by atoms with Gasteiger partial charge < -0.3 is 15.3 Å². The molecule has 0 unspecified atom stereocenters. The summed E-state index contributed by atoms with van der Waals surface area (Å²) >= 11 is 1.16. The number of benzene rings is 1. The number of carbonyl (C=O) groups is 3. The molecule has 2 aromatic heterocycles. The average Bonchev–Trinajstić information content (AvgIpc) is 3.53. The SMILES string of the molecule is CCn1cc(C(=O)Nc2ccc(-c3cc(N(C(=O)C4CCC(C)CC4)C(C)C)c(C(=O)O)s3)cc2)cn1. The molecule has 0 atom stereocenters. The molecule has 1 aliphatic rings. The molecule has 0 bridgehead atoms. The molecule has 9 heteroatoms. The molecule has 2 N–H and O–H groups in total. The summed E-state index contributed by atoms with van der Waals surface area (Å²) in [4.78, 5) is 40.8. The predicted octanol–water partition coefficient (Wildman–Crippen LogP) is 6.15. The van der Waals surface area contributed by atoms with Crippen LogP contribution in [0.2, 0.25) is 0 Å². The number of aryl methyl sites for hydroxylation is 1. The Bertz CT molecular complexity index is 1270. The van der Waals surface area contributed by atoms with E-state index in [4.69, 9.17) is 0 Å². The Morgan fingerprint density at radius 3 is 2.41 bits per heavy atom. The van der Waals surface area contributed by atoms with E-state index >= 15 is 0 Å². The Labute approximate surface area is 221 Å². The first-order chi connectivity index (χ1) is 17.7. The zero-order valence-corrected chi connectivity index (χ0v) is 22.5. The van der Waals surface area contributed by atoms with Crippen molar-refractivity contribution in [1.82, 2.24) is 9.78 Å². The number of carbonyl (C=O) groups excluding carboxylic acids is 2. The summed E-state index contributed by atoms with van der Waals surface area (Å²) in [5.74, 6) is -0.726. The van der Waals surface area contributed by atoms with Crippen LogP contribution >= 0.6 is 11.3 Å². The van der Waals surface area contributed by atoms with Gasteiger partial charge in [-0.05, 0) is 76.1 Å². The number of anilines is 2. The summed E-state index contributed by atoms with van der Waals surface area (Å²) in [5, 5.41) is 17.0. The molecule has 0 spiro atoms. The van der Waals surface area contributed by atoms with E-state index in [2.05, 4.69) is 17.3 Å². The van der Waals surface area contributed by atoms with Gasteiger partial charge in [0.05, 0.1) is 17.4 Å². The topological polar surface area (TPSA) is 105 Å². The Morgan fingerprint density at radius 1 is 1.16 bits per heavy atom. The molecular formula is C28H34N4O4S. The molecule has 2 heterocycles. The van der Waals surface area contributed by atoms with Crippen LogP contribution in [0.4, 0.5) is 11.4 Å². The number of hydrogen-bond donors (Lipinski definition) is 2. The van der Waals surface area contributed by atoms with Gasteiger partial charge in [-0.3, -0.25) is 14.3 Å². The van der Waals surface area contributed by atoms with Crippen molar-refractivity contribution < 1.29 is 19.5 Å². The Balaban J connectivity index is 1.57. The standard InChI is InChI=1S/C28H34N4O4S/c1-5-31-16-21(15-29-31)26(33)30-22-12-10-19(11-13-22)24-14-23(25(37-24)28(35)36)32(17(2)3)27(34)20-8-6-18(4)7-9-20/h10-18,20H,5-9H2,1-4H3,(H,30,33)(H,35,36). The fourth-order valence-electron chi connectivity index (χ4n) is 4.79. The first kappa shape index (κ1) is 26.6. The van der Waals surface area contributed by atoms with E-state index in [1.807, 2.05) is 39.0 Å². The van der Waals surface area contributed by atoms with Crippen molar-refractivity contribution in [3.63, 3.8) is 0 Å². The van der Waals surface area contributed by atoms with Gasteiger partial charge in [0.25, 0.3) is 5.91 Å². The zero-order valence-electron chi connectivity index (χ0n) is 21.7. The number of nitrogens with zero attached hydrogens (tertiary/aromatic N) is 3. The minimum absolute atomic E-state index is 0.0122. The fraction of sp³-hybridized carbons (Fsp3) is 0.429. The van der Waals surface area contributed by atoms with Crippen LogP contribution < -0.4 is 10.2 Å². The lowest BCUT2D eigenvalue weighted by molar-refractivity contribution is -0.123. The summed E-state index contributed by atoms with van der Waals surface area (Å²) in [6.07, 6.45) is 6.95. The van der Waals surface area contributed by atoms with Crippen LogP contribution in [0, 0.1) is 11.8 Å². The smallest absolute Gasteiger partial charge is 0.348 e. The molecular weight excluding hydrogens is 488 g/mol. The van der Waals surface area contributed by atoms with Gasteiger partial charge in [-0.25, -0.2) is 4.79 Å². The van der Waals surface area contributed by atoms with Crippen LogP contribution in [-0.2, 0) is 11.3 Å². The first-order valence-corrected chi connectivity index (χ1v) is 13.6. The van der Waals surface area contributed by atoms with E-state index in [-0.39, 0.29) is 28.7 Å². The third kappa shape index (κ3) is 5.93. The van der Waals surface area contributed by atoms with Gasteiger partial charge in [-0.2, -0.15) is 5.10 Å². The number of thiophene rings is 1. The van der Waals surface area contributed by atoms with E-state index in [1.165, 1.54) is 6.20 Å². The highest BCUT2D eigenvalue weighted by Crippen LogP contribution is 2.40. The molecule has 1 fully saturated rings. The average molecular weight is 523 g/mol. The number of hydrogen-bond acceptors (Lipinski definition) is 5. The molecule has 8 nitrogen and oxygen atoms in total. The zero-order chi connectivity index (χ0) is 26.7. The third-order valence-corrected chi connectivity index (χ3v) is 8.09. The van der Waals surface area contributed by atoms with Crippen molar-refractivity contribution in [2.24, 2.45) is 11.8 Å². The van der Waals surface area contributed by atoms with E-state index in [0.29, 0.717) is 29.4 Å². The summed E-state index contributed by atoms with van der Waals surface area (Å²) in [6, 6.07) is 8.90. The number of nitrogens with one attached hydrogen (secondary N) is 1. The highest BCUT2D eigenvalue weighted by atomic mass is 32.1. The van der Waals surface area contributed by atoms with Crippen LogP contribution in [0.15, 0.2) is 42.7 Å². The lowest BCUT2D eigenvalue weighted by Crippen LogP contribution is -2.42.